The van der Waals surface area contributed by atoms with Gasteiger partial charge in [-0.15, -0.1) is 10.2 Å². The second-order valence-corrected chi connectivity index (χ2v) is 6.55. The van der Waals surface area contributed by atoms with Gasteiger partial charge in [0.15, 0.2) is 11.6 Å². The van der Waals surface area contributed by atoms with E-state index in [0.29, 0.717) is 10.8 Å². The van der Waals surface area contributed by atoms with Crippen molar-refractivity contribution in [3.05, 3.63) is 82.0 Å². The number of amides is 1. The zero-order chi connectivity index (χ0) is 22.7. The Balaban J connectivity index is 1.76. The number of carbonyl (C=O) groups excluding carboxylic acids is 1. The van der Waals surface area contributed by atoms with Gasteiger partial charge >= 0.3 is 0 Å². The third-order valence-corrected chi connectivity index (χ3v) is 4.54. The molecule has 0 fully saturated rings. The van der Waals surface area contributed by atoms with Gasteiger partial charge in [-0.3, -0.25) is 20.0 Å². The number of nitro benzene ring substituents is 1. The van der Waals surface area contributed by atoms with Crippen molar-refractivity contribution in [2.24, 2.45) is 10.2 Å². The van der Waals surface area contributed by atoms with Crippen molar-refractivity contribution in [3.8, 4) is 11.8 Å². The Kier molecular flexibility index (Phi) is 5.25. The van der Waals surface area contributed by atoms with Gasteiger partial charge in [-0.1, -0.05) is 30.3 Å². The largest absolute Gasteiger partial charge is 0.505 e. The molecule has 0 atom stereocenters. The fourth-order valence-corrected chi connectivity index (χ4v) is 3.02. The molecule has 1 amide bonds. The SMILES string of the molecule is N#Cc1cn[nH]c1N=Nc1c(O)c(C(=O)Nc2cccc([N+](=O)[O-])c2)cc2ccccc12. The third-order valence-electron chi connectivity index (χ3n) is 4.54. The number of nitro groups is 1. The summed E-state index contributed by atoms with van der Waals surface area (Å²) >= 11 is 0. The minimum absolute atomic E-state index is 0.0192. The van der Waals surface area contributed by atoms with Crippen LogP contribution in [-0.2, 0) is 0 Å². The number of fused-ring (bicyclic) bond motifs is 1. The first-order valence-corrected chi connectivity index (χ1v) is 9.13. The van der Waals surface area contributed by atoms with Gasteiger partial charge < -0.3 is 10.4 Å². The van der Waals surface area contributed by atoms with Crippen molar-refractivity contribution in [2.45, 2.75) is 0 Å². The number of H-pyrrole nitrogens is 1. The maximum Gasteiger partial charge on any atom is 0.271 e. The molecule has 0 bridgehead atoms. The van der Waals surface area contributed by atoms with Crippen molar-refractivity contribution in [1.29, 1.82) is 5.26 Å². The summed E-state index contributed by atoms with van der Waals surface area (Å²) in [6, 6.07) is 15.7. The normalized spacial score (nSPS) is 10.8. The molecule has 0 spiro atoms. The highest BCUT2D eigenvalue weighted by Gasteiger charge is 2.19. The minimum atomic E-state index is -0.690. The smallest absolute Gasteiger partial charge is 0.271 e. The number of carbonyl (C=O) groups is 1. The highest BCUT2D eigenvalue weighted by atomic mass is 16.6. The van der Waals surface area contributed by atoms with Crippen molar-refractivity contribution in [3.63, 3.8) is 0 Å². The van der Waals surface area contributed by atoms with Crippen LogP contribution in [0.2, 0.25) is 0 Å². The van der Waals surface area contributed by atoms with E-state index in [-0.39, 0.29) is 34.0 Å². The summed E-state index contributed by atoms with van der Waals surface area (Å²) in [6.45, 7) is 0. The van der Waals surface area contributed by atoms with Crippen LogP contribution in [0.3, 0.4) is 0 Å². The number of hydrogen-bond acceptors (Lipinski definition) is 8. The Morgan fingerprint density at radius 1 is 1.19 bits per heavy atom. The molecule has 3 aromatic carbocycles. The van der Waals surface area contributed by atoms with E-state index in [2.05, 4.69) is 25.7 Å². The molecule has 0 saturated carbocycles. The first-order chi connectivity index (χ1) is 15.5. The summed E-state index contributed by atoms with van der Waals surface area (Å²) in [4.78, 5) is 23.3. The van der Waals surface area contributed by atoms with E-state index < -0.39 is 16.6 Å². The van der Waals surface area contributed by atoms with Crippen molar-refractivity contribution in [1.82, 2.24) is 10.2 Å². The predicted molar refractivity (Wildman–Crippen MR) is 114 cm³/mol. The lowest BCUT2D eigenvalue weighted by atomic mass is 10.0. The van der Waals surface area contributed by atoms with Gasteiger partial charge in [-0.25, -0.2) is 0 Å². The van der Waals surface area contributed by atoms with Gasteiger partial charge in [0, 0.05) is 23.2 Å². The Morgan fingerprint density at radius 2 is 2.00 bits per heavy atom. The molecule has 0 aliphatic heterocycles. The number of aromatic hydroxyl groups is 1. The quantitative estimate of drug-likeness (QED) is 0.236. The monoisotopic (exact) mass is 427 g/mol. The van der Waals surface area contributed by atoms with E-state index in [0.717, 1.165) is 0 Å². The van der Waals surface area contributed by atoms with Crippen LogP contribution in [0.15, 0.2) is 71.0 Å². The average molecular weight is 427 g/mol. The predicted octanol–water partition coefficient (Wildman–Crippen LogP) is 4.72. The number of hydrogen-bond donors (Lipinski definition) is 3. The molecule has 1 aromatic heterocycles. The Labute approximate surface area is 179 Å². The molecule has 0 aliphatic rings. The third kappa shape index (κ3) is 3.83. The Bertz CT molecular complexity index is 1440. The van der Waals surface area contributed by atoms with Crippen LogP contribution in [0.1, 0.15) is 15.9 Å². The molecule has 1 heterocycles. The molecular weight excluding hydrogens is 414 g/mol. The zero-order valence-corrected chi connectivity index (χ0v) is 16.2. The summed E-state index contributed by atoms with van der Waals surface area (Å²) in [5.74, 6) is -1.03. The number of rotatable bonds is 5. The zero-order valence-electron chi connectivity index (χ0n) is 16.2. The summed E-state index contributed by atoms with van der Waals surface area (Å²) in [5.41, 5.74) is 0.0844. The number of phenols is 1. The summed E-state index contributed by atoms with van der Waals surface area (Å²) < 4.78 is 0. The molecule has 3 N–H and O–H groups in total. The topological polar surface area (TPSA) is 170 Å². The van der Waals surface area contributed by atoms with Gasteiger partial charge in [-0.2, -0.15) is 10.4 Å². The molecule has 4 rings (SSSR count). The van der Waals surface area contributed by atoms with E-state index in [1.807, 2.05) is 6.07 Å². The summed E-state index contributed by atoms with van der Waals surface area (Å²) in [7, 11) is 0. The summed E-state index contributed by atoms with van der Waals surface area (Å²) in [5, 5.41) is 48.8. The number of benzene rings is 3. The number of aromatic nitrogens is 2. The van der Waals surface area contributed by atoms with Gasteiger partial charge in [0.25, 0.3) is 11.6 Å². The molecule has 0 unspecified atom stereocenters. The van der Waals surface area contributed by atoms with Crippen LogP contribution < -0.4 is 5.32 Å². The van der Waals surface area contributed by atoms with Crippen molar-refractivity contribution < 1.29 is 14.8 Å². The standard InChI is InChI=1S/C21H13N7O4/c22-10-13-11-23-26-20(13)27-25-18-16-7-2-1-4-12(16)8-17(19(18)29)21(30)24-14-5-3-6-15(9-14)28(31)32/h1-9,11,29H,(H,23,26)(H,24,30). The number of phenolic OH excluding ortho intramolecular Hbond substituents is 1. The lowest BCUT2D eigenvalue weighted by Crippen LogP contribution is -2.12. The number of azo groups is 1. The van der Waals surface area contributed by atoms with Crippen LogP contribution in [0.25, 0.3) is 10.8 Å². The number of nitrogens with zero attached hydrogens (tertiary/aromatic N) is 5. The second-order valence-electron chi connectivity index (χ2n) is 6.55. The van der Waals surface area contributed by atoms with E-state index in [1.54, 1.807) is 24.3 Å². The summed E-state index contributed by atoms with van der Waals surface area (Å²) in [6.07, 6.45) is 1.29. The second kappa shape index (κ2) is 8.33. The van der Waals surface area contributed by atoms with Gasteiger partial charge in [-0.05, 0) is 17.5 Å². The lowest BCUT2D eigenvalue weighted by Gasteiger charge is -2.11. The lowest BCUT2D eigenvalue weighted by molar-refractivity contribution is -0.384. The van der Waals surface area contributed by atoms with Crippen LogP contribution in [0.5, 0.6) is 5.75 Å². The van der Waals surface area contributed by atoms with E-state index in [9.17, 15) is 20.0 Å². The molecule has 4 aromatic rings. The molecule has 0 radical (unpaired) electrons. The molecule has 32 heavy (non-hydrogen) atoms. The highest BCUT2D eigenvalue weighted by molar-refractivity contribution is 6.11. The first-order valence-electron chi connectivity index (χ1n) is 9.13. The fourth-order valence-electron chi connectivity index (χ4n) is 3.02. The number of non-ortho nitro benzene ring substituents is 1. The van der Waals surface area contributed by atoms with Crippen LogP contribution in [0, 0.1) is 21.4 Å². The fraction of sp³-hybridized carbons (Fsp3) is 0. The van der Waals surface area contributed by atoms with Crippen LogP contribution in [-0.4, -0.2) is 26.1 Å². The maximum atomic E-state index is 12.9. The molecule has 11 heteroatoms. The molecule has 0 aliphatic carbocycles. The van der Waals surface area contributed by atoms with Gasteiger partial charge in [0.05, 0.1) is 16.7 Å². The molecular formula is C21H13N7O4. The van der Waals surface area contributed by atoms with E-state index in [1.165, 1.54) is 36.5 Å². The average Bonchev–Trinajstić information content (AvgIpc) is 3.25. The van der Waals surface area contributed by atoms with Gasteiger partial charge in [0.1, 0.15) is 17.3 Å². The van der Waals surface area contributed by atoms with Crippen LogP contribution >= 0.6 is 0 Å². The minimum Gasteiger partial charge on any atom is -0.505 e. The number of aromatic amines is 1. The molecule has 11 nitrogen and oxygen atoms in total. The Morgan fingerprint density at radius 3 is 2.78 bits per heavy atom. The Hall–Kier alpha value is -5.11. The highest BCUT2D eigenvalue weighted by Crippen LogP contribution is 2.39. The van der Waals surface area contributed by atoms with E-state index in [4.69, 9.17) is 5.26 Å². The number of nitrogens with one attached hydrogen (secondary N) is 2. The molecule has 0 saturated heterocycles. The van der Waals surface area contributed by atoms with E-state index >= 15 is 0 Å². The molecule has 156 valence electrons. The first kappa shape index (κ1) is 20.2. The number of anilines is 1. The van der Waals surface area contributed by atoms with Crippen molar-refractivity contribution in [2.75, 3.05) is 5.32 Å². The maximum absolute atomic E-state index is 12.9. The van der Waals surface area contributed by atoms with Gasteiger partial charge in [0.2, 0.25) is 0 Å². The number of nitriles is 1. The van der Waals surface area contributed by atoms with Crippen LogP contribution in [0.4, 0.5) is 22.9 Å². The van der Waals surface area contributed by atoms with Crippen molar-refractivity contribution >= 4 is 39.6 Å².